The minimum atomic E-state index is -0.503. The number of hydrogen-bond acceptors (Lipinski definition) is 3. The number of carbonyl (C=O) groups is 2. The lowest BCUT2D eigenvalue weighted by Gasteiger charge is -2.44. The molecule has 3 rings (SSSR count). The third-order valence-electron chi connectivity index (χ3n) is 6.31. The van der Waals surface area contributed by atoms with E-state index in [4.69, 9.17) is 11.6 Å². The maximum Gasteiger partial charge on any atom is 0.315 e. The second kappa shape index (κ2) is 8.78. The quantitative estimate of drug-likeness (QED) is 0.752. The van der Waals surface area contributed by atoms with E-state index in [2.05, 4.69) is 36.3 Å². The first kappa shape index (κ1) is 21.1. The highest BCUT2D eigenvalue weighted by Gasteiger charge is 2.37. The van der Waals surface area contributed by atoms with E-state index in [1.54, 1.807) is 12.1 Å². The monoisotopic (exact) mass is 409 g/mol. The molecule has 154 valence electrons. The number of benzene rings is 1. The molecule has 2 amide bonds. The molecule has 0 bridgehead atoms. The SMILES string of the molecule is CCN1[C@H](C)CC(C(CC(=O)[C@@H]2CNC(=O)N2)c2ccc(F)c(Cl)c2)C[C@@H]1C. The average molecular weight is 410 g/mol. The zero-order chi connectivity index (χ0) is 20.4. The highest BCUT2D eigenvalue weighted by atomic mass is 35.5. The molecule has 7 heteroatoms. The summed E-state index contributed by atoms with van der Waals surface area (Å²) in [6.45, 7) is 7.94. The Morgan fingerprint density at radius 3 is 2.54 bits per heavy atom. The number of rotatable bonds is 6. The fraction of sp³-hybridized carbons (Fsp3) is 0.619. The Balaban J connectivity index is 1.85. The zero-order valence-corrected chi connectivity index (χ0v) is 17.4. The first-order valence-electron chi connectivity index (χ1n) is 10.1. The normalized spacial score (nSPS) is 29.2. The molecule has 0 saturated carbocycles. The number of nitrogens with zero attached hydrogens (tertiary/aromatic N) is 1. The van der Waals surface area contributed by atoms with E-state index >= 15 is 0 Å². The first-order chi connectivity index (χ1) is 13.3. The van der Waals surface area contributed by atoms with Crippen molar-refractivity contribution in [3.05, 3.63) is 34.6 Å². The zero-order valence-electron chi connectivity index (χ0n) is 16.7. The number of nitrogens with one attached hydrogen (secondary N) is 2. The van der Waals surface area contributed by atoms with Gasteiger partial charge in [-0.1, -0.05) is 24.6 Å². The minimum absolute atomic E-state index is 0.00187. The molecule has 2 unspecified atom stereocenters. The van der Waals surface area contributed by atoms with Crippen molar-refractivity contribution in [1.29, 1.82) is 0 Å². The van der Waals surface area contributed by atoms with Gasteiger partial charge in [0.1, 0.15) is 11.9 Å². The lowest BCUT2D eigenvalue weighted by atomic mass is 9.73. The van der Waals surface area contributed by atoms with Crippen molar-refractivity contribution < 1.29 is 14.0 Å². The van der Waals surface area contributed by atoms with Crippen molar-refractivity contribution in [3.63, 3.8) is 0 Å². The number of halogens is 2. The molecule has 1 aromatic carbocycles. The molecule has 2 aliphatic rings. The number of piperidine rings is 1. The number of amides is 2. The molecular formula is C21H29ClFN3O2. The van der Waals surface area contributed by atoms with E-state index in [0.717, 1.165) is 24.9 Å². The van der Waals surface area contributed by atoms with Crippen molar-refractivity contribution in [2.75, 3.05) is 13.1 Å². The number of urea groups is 1. The van der Waals surface area contributed by atoms with Crippen LogP contribution in [0.3, 0.4) is 0 Å². The summed E-state index contributed by atoms with van der Waals surface area (Å²) in [6.07, 6.45) is 2.26. The summed E-state index contributed by atoms with van der Waals surface area (Å²) in [5.41, 5.74) is 0.895. The van der Waals surface area contributed by atoms with Gasteiger partial charge in [0.25, 0.3) is 0 Å². The molecule has 0 spiro atoms. The van der Waals surface area contributed by atoms with Crippen LogP contribution < -0.4 is 10.6 Å². The van der Waals surface area contributed by atoms with Crippen molar-refractivity contribution in [2.45, 2.75) is 64.1 Å². The number of Topliss-reactive ketones (excluding diaryl/α,β-unsaturated/α-hetero) is 1. The van der Waals surface area contributed by atoms with Gasteiger partial charge in [-0.3, -0.25) is 9.69 Å². The van der Waals surface area contributed by atoms with Crippen LogP contribution >= 0.6 is 11.6 Å². The largest absolute Gasteiger partial charge is 0.336 e. The second-order valence-corrected chi connectivity index (χ2v) is 8.52. The van der Waals surface area contributed by atoms with Crippen molar-refractivity contribution in [1.82, 2.24) is 15.5 Å². The van der Waals surface area contributed by atoms with Gasteiger partial charge in [-0.25, -0.2) is 9.18 Å². The molecule has 5 atom stereocenters. The summed E-state index contributed by atoms with van der Waals surface area (Å²) < 4.78 is 13.7. The smallest absolute Gasteiger partial charge is 0.315 e. The van der Waals surface area contributed by atoms with Gasteiger partial charge < -0.3 is 10.6 Å². The summed E-state index contributed by atoms with van der Waals surface area (Å²) in [6, 6.07) is 4.80. The molecule has 2 fully saturated rings. The molecule has 0 radical (unpaired) electrons. The molecule has 28 heavy (non-hydrogen) atoms. The van der Waals surface area contributed by atoms with Crippen LogP contribution in [-0.4, -0.2) is 47.9 Å². The van der Waals surface area contributed by atoms with Crippen LogP contribution in [-0.2, 0) is 4.79 Å². The molecule has 1 aromatic rings. The molecule has 2 N–H and O–H groups in total. The maximum absolute atomic E-state index is 13.7. The summed E-state index contributed by atoms with van der Waals surface area (Å²) in [7, 11) is 0. The Hall–Kier alpha value is -1.66. The Kier molecular flexibility index (Phi) is 6.61. The summed E-state index contributed by atoms with van der Waals surface area (Å²) >= 11 is 6.05. The van der Waals surface area contributed by atoms with Gasteiger partial charge in [-0.2, -0.15) is 0 Å². The van der Waals surface area contributed by atoms with Gasteiger partial charge in [0, 0.05) is 25.0 Å². The fourth-order valence-electron chi connectivity index (χ4n) is 4.94. The Labute approximate surface area is 171 Å². The molecule has 0 aromatic heterocycles. The van der Waals surface area contributed by atoms with E-state index in [-0.39, 0.29) is 22.8 Å². The van der Waals surface area contributed by atoms with Crippen LogP contribution in [0.1, 0.15) is 51.5 Å². The van der Waals surface area contributed by atoms with Crippen molar-refractivity contribution >= 4 is 23.4 Å². The van der Waals surface area contributed by atoms with Crippen LogP contribution in [0.5, 0.6) is 0 Å². The summed E-state index contributed by atoms with van der Waals surface area (Å²) in [5.74, 6) is -0.206. The van der Waals surface area contributed by atoms with Gasteiger partial charge >= 0.3 is 6.03 Å². The summed E-state index contributed by atoms with van der Waals surface area (Å²) in [5, 5.41) is 5.39. The highest BCUT2D eigenvalue weighted by molar-refractivity contribution is 6.30. The van der Waals surface area contributed by atoms with Crippen LogP contribution in [0.2, 0.25) is 5.02 Å². The standard InChI is InChI=1S/C21H29ClFN3O2/c1-4-26-12(2)7-15(8-13(26)3)16(14-5-6-18(23)17(22)9-14)10-20(27)19-11-24-21(28)25-19/h5-6,9,12-13,15-16,19H,4,7-8,10-11H2,1-3H3,(H2,24,25,28)/t12-,13+,15?,16?,19-/m0/s1. The van der Waals surface area contributed by atoms with Gasteiger partial charge in [0.05, 0.1) is 5.02 Å². The van der Waals surface area contributed by atoms with E-state index in [9.17, 15) is 14.0 Å². The average Bonchev–Trinajstić information content (AvgIpc) is 3.08. The predicted octanol–water partition coefficient (Wildman–Crippen LogP) is 3.71. The summed E-state index contributed by atoms with van der Waals surface area (Å²) in [4.78, 5) is 26.8. The third-order valence-corrected chi connectivity index (χ3v) is 6.60. The van der Waals surface area contributed by atoms with Crippen LogP contribution in [0.4, 0.5) is 9.18 Å². The van der Waals surface area contributed by atoms with E-state index in [0.29, 0.717) is 31.0 Å². The number of hydrogen-bond donors (Lipinski definition) is 2. The van der Waals surface area contributed by atoms with Gasteiger partial charge in [0.2, 0.25) is 0 Å². The topological polar surface area (TPSA) is 61.4 Å². The van der Waals surface area contributed by atoms with Crippen molar-refractivity contribution in [2.24, 2.45) is 5.92 Å². The van der Waals surface area contributed by atoms with Crippen LogP contribution in [0.25, 0.3) is 0 Å². The lowest BCUT2D eigenvalue weighted by Crippen LogP contribution is -2.47. The Bertz CT molecular complexity index is 732. The molecule has 0 aliphatic carbocycles. The fourth-order valence-corrected chi connectivity index (χ4v) is 5.13. The highest BCUT2D eigenvalue weighted by Crippen LogP contribution is 2.40. The third kappa shape index (κ3) is 4.49. The van der Waals surface area contributed by atoms with Gasteiger partial charge in [-0.05, 0) is 62.8 Å². The number of likely N-dealkylation sites (tertiary alicyclic amines) is 1. The molecular weight excluding hydrogens is 381 g/mol. The molecule has 5 nitrogen and oxygen atoms in total. The molecule has 2 saturated heterocycles. The maximum atomic E-state index is 13.7. The molecule has 2 aliphatic heterocycles. The Morgan fingerprint density at radius 2 is 2.00 bits per heavy atom. The van der Waals surface area contributed by atoms with E-state index < -0.39 is 11.9 Å². The van der Waals surface area contributed by atoms with Crippen LogP contribution in [0, 0.1) is 11.7 Å². The lowest BCUT2D eigenvalue weighted by molar-refractivity contribution is -0.121. The van der Waals surface area contributed by atoms with Gasteiger partial charge in [0.15, 0.2) is 5.78 Å². The van der Waals surface area contributed by atoms with Crippen molar-refractivity contribution in [3.8, 4) is 0 Å². The predicted molar refractivity (Wildman–Crippen MR) is 108 cm³/mol. The van der Waals surface area contributed by atoms with E-state index in [1.807, 2.05) is 0 Å². The number of carbonyl (C=O) groups excluding carboxylic acids is 2. The minimum Gasteiger partial charge on any atom is -0.336 e. The molecule has 2 heterocycles. The van der Waals surface area contributed by atoms with E-state index in [1.165, 1.54) is 6.07 Å². The second-order valence-electron chi connectivity index (χ2n) is 8.12. The Morgan fingerprint density at radius 1 is 1.32 bits per heavy atom. The first-order valence-corrected chi connectivity index (χ1v) is 10.5. The van der Waals surface area contributed by atoms with Gasteiger partial charge in [-0.15, -0.1) is 0 Å². The van der Waals surface area contributed by atoms with Crippen LogP contribution in [0.15, 0.2) is 18.2 Å². The number of ketones is 1.